The van der Waals surface area contributed by atoms with E-state index in [4.69, 9.17) is 9.47 Å². The van der Waals surface area contributed by atoms with Gasteiger partial charge in [0.05, 0.1) is 14.2 Å². The quantitative estimate of drug-likeness (QED) is 0.792. The second-order valence-electron chi connectivity index (χ2n) is 6.03. The van der Waals surface area contributed by atoms with Gasteiger partial charge in [0.2, 0.25) is 0 Å². The molecule has 1 aliphatic rings. The van der Waals surface area contributed by atoms with Crippen molar-refractivity contribution in [2.24, 2.45) is 0 Å². The Morgan fingerprint density at radius 1 is 1.04 bits per heavy atom. The molecule has 136 valence electrons. The molecule has 0 spiro atoms. The molecule has 2 N–H and O–H groups in total. The summed E-state index contributed by atoms with van der Waals surface area (Å²) < 4.78 is 10.4. The minimum Gasteiger partial charge on any atom is -0.493 e. The number of hydrogen-bond acceptors (Lipinski definition) is 5. The van der Waals surface area contributed by atoms with Crippen molar-refractivity contribution in [1.82, 2.24) is 15.6 Å². The van der Waals surface area contributed by atoms with Gasteiger partial charge in [-0.15, -0.1) is 0 Å². The molecule has 7 heteroatoms. The van der Waals surface area contributed by atoms with E-state index >= 15 is 0 Å². The van der Waals surface area contributed by atoms with Crippen molar-refractivity contribution in [3.8, 4) is 11.5 Å². The van der Waals surface area contributed by atoms with Gasteiger partial charge in [0, 0.05) is 12.6 Å². The van der Waals surface area contributed by atoms with Gasteiger partial charge < -0.3 is 20.1 Å². The number of pyridine rings is 1. The number of ether oxygens (including phenoxy) is 2. The molecule has 0 aliphatic heterocycles. The minimum atomic E-state index is -0.346. The first-order valence-electron chi connectivity index (χ1n) is 8.37. The molecule has 0 radical (unpaired) electrons. The van der Waals surface area contributed by atoms with Crippen molar-refractivity contribution in [1.29, 1.82) is 0 Å². The van der Waals surface area contributed by atoms with Crippen molar-refractivity contribution < 1.29 is 19.1 Å². The predicted octanol–water partition coefficient (Wildman–Crippen LogP) is 1.92. The number of rotatable bonds is 7. The molecule has 2 aromatic rings. The van der Waals surface area contributed by atoms with Crippen LogP contribution in [0.5, 0.6) is 11.5 Å². The minimum absolute atomic E-state index is 0.203. The Kier molecular flexibility index (Phi) is 5.36. The largest absolute Gasteiger partial charge is 0.493 e. The fourth-order valence-corrected chi connectivity index (χ4v) is 2.44. The van der Waals surface area contributed by atoms with E-state index < -0.39 is 0 Å². The molecule has 0 unspecified atom stereocenters. The van der Waals surface area contributed by atoms with E-state index in [2.05, 4.69) is 15.6 Å². The molecule has 26 heavy (non-hydrogen) atoms. The molecule has 3 rings (SSSR count). The van der Waals surface area contributed by atoms with Gasteiger partial charge in [-0.05, 0) is 42.7 Å². The van der Waals surface area contributed by atoms with Crippen molar-refractivity contribution in [2.75, 3.05) is 14.2 Å². The van der Waals surface area contributed by atoms with Crippen molar-refractivity contribution in [3.05, 3.63) is 53.3 Å². The zero-order valence-electron chi connectivity index (χ0n) is 14.7. The van der Waals surface area contributed by atoms with E-state index in [-0.39, 0.29) is 29.2 Å². The summed E-state index contributed by atoms with van der Waals surface area (Å²) in [4.78, 5) is 28.6. The smallest absolute Gasteiger partial charge is 0.270 e. The van der Waals surface area contributed by atoms with Gasteiger partial charge in [0.15, 0.2) is 11.5 Å². The molecule has 1 aromatic heterocycles. The van der Waals surface area contributed by atoms with Crippen LogP contribution in [0, 0.1) is 0 Å². The lowest BCUT2D eigenvalue weighted by Gasteiger charge is -2.10. The van der Waals surface area contributed by atoms with Crippen LogP contribution < -0.4 is 20.1 Å². The van der Waals surface area contributed by atoms with Crippen molar-refractivity contribution >= 4 is 11.8 Å². The van der Waals surface area contributed by atoms with Crippen LogP contribution in [0.4, 0.5) is 0 Å². The lowest BCUT2D eigenvalue weighted by molar-refractivity contribution is 0.0941. The Morgan fingerprint density at radius 3 is 2.38 bits per heavy atom. The maximum absolute atomic E-state index is 12.3. The van der Waals surface area contributed by atoms with E-state index in [0.29, 0.717) is 18.0 Å². The molecule has 1 aromatic carbocycles. The maximum atomic E-state index is 12.3. The third-order valence-electron chi connectivity index (χ3n) is 4.03. The molecule has 1 aliphatic carbocycles. The fraction of sp³-hybridized carbons (Fsp3) is 0.316. The highest BCUT2D eigenvalue weighted by atomic mass is 16.5. The fourth-order valence-electron chi connectivity index (χ4n) is 2.44. The number of amides is 2. The summed E-state index contributed by atoms with van der Waals surface area (Å²) in [6, 6.07) is 10.5. The monoisotopic (exact) mass is 355 g/mol. The number of aromatic nitrogens is 1. The SMILES string of the molecule is COc1ccc(CNC(=O)c2cccc(C(=O)NC3CC3)n2)cc1OC. The number of benzene rings is 1. The van der Waals surface area contributed by atoms with Crippen molar-refractivity contribution in [2.45, 2.75) is 25.4 Å². The summed E-state index contributed by atoms with van der Waals surface area (Å²) in [6.45, 7) is 0.305. The van der Waals surface area contributed by atoms with E-state index in [1.807, 2.05) is 6.07 Å². The van der Waals surface area contributed by atoms with Gasteiger partial charge >= 0.3 is 0 Å². The standard InChI is InChI=1S/C19H21N3O4/c1-25-16-9-6-12(10-17(16)26-2)11-20-18(23)14-4-3-5-15(22-14)19(24)21-13-7-8-13/h3-6,9-10,13H,7-8,11H2,1-2H3,(H,20,23)(H,21,24). The van der Waals surface area contributed by atoms with Crippen LogP contribution in [-0.2, 0) is 6.54 Å². The lowest BCUT2D eigenvalue weighted by atomic mass is 10.2. The van der Waals surface area contributed by atoms with Gasteiger partial charge in [-0.3, -0.25) is 9.59 Å². The molecule has 7 nitrogen and oxygen atoms in total. The molecular formula is C19H21N3O4. The zero-order valence-corrected chi connectivity index (χ0v) is 14.7. The average molecular weight is 355 g/mol. The molecule has 0 saturated heterocycles. The zero-order chi connectivity index (χ0) is 18.5. The number of nitrogens with one attached hydrogen (secondary N) is 2. The topological polar surface area (TPSA) is 89.5 Å². The molecule has 2 amide bonds. The van der Waals surface area contributed by atoms with Gasteiger partial charge in [-0.1, -0.05) is 12.1 Å². The van der Waals surface area contributed by atoms with Gasteiger partial charge in [0.1, 0.15) is 11.4 Å². The molecule has 0 atom stereocenters. The highest BCUT2D eigenvalue weighted by Gasteiger charge is 2.24. The van der Waals surface area contributed by atoms with E-state index in [0.717, 1.165) is 18.4 Å². The van der Waals surface area contributed by atoms with Crippen LogP contribution in [-0.4, -0.2) is 37.1 Å². The molecule has 0 bridgehead atoms. The maximum Gasteiger partial charge on any atom is 0.270 e. The Labute approximate surface area is 151 Å². The second-order valence-corrected chi connectivity index (χ2v) is 6.03. The highest BCUT2D eigenvalue weighted by Crippen LogP contribution is 2.27. The third kappa shape index (κ3) is 4.30. The predicted molar refractivity (Wildman–Crippen MR) is 95.4 cm³/mol. The molecule has 1 fully saturated rings. The number of carbonyl (C=O) groups excluding carboxylic acids is 2. The first-order chi connectivity index (χ1) is 12.6. The normalized spacial score (nSPS) is 13.0. The summed E-state index contributed by atoms with van der Waals surface area (Å²) in [5.41, 5.74) is 1.31. The summed E-state index contributed by atoms with van der Waals surface area (Å²) in [5.74, 6) is 0.623. The first kappa shape index (κ1) is 17.7. The summed E-state index contributed by atoms with van der Waals surface area (Å²) in [6.07, 6.45) is 1.99. The van der Waals surface area contributed by atoms with Crippen LogP contribution in [0.15, 0.2) is 36.4 Å². The van der Waals surface area contributed by atoms with Gasteiger partial charge in [-0.2, -0.15) is 0 Å². The van der Waals surface area contributed by atoms with Crippen LogP contribution in [0.2, 0.25) is 0 Å². The Morgan fingerprint density at radius 2 is 1.73 bits per heavy atom. The lowest BCUT2D eigenvalue weighted by Crippen LogP contribution is -2.28. The van der Waals surface area contributed by atoms with Crippen LogP contribution in [0.25, 0.3) is 0 Å². The highest BCUT2D eigenvalue weighted by molar-refractivity contribution is 5.96. The molecule has 1 saturated carbocycles. The number of hydrogen-bond donors (Lipinski definition) is 2. The Bertz CT molecular complexity index is 818. The number of methoxy groups -OCH3 is 2. The van der Waals surface area contributed by atoms with Gasteiger partial charge in [0.25, 0.3) is 11.8 Å². The van der Waals surface area contributed by atoms with Crippen molar-refractivity contribution in [3.63, 3.8) is 0 Å². The van der Waals surface area contributed by atoms with E-state index in [1.54, 1.807) is 44.6 Å². The summed E-state index contributed by atoms with van der Waals surface area (Å²) >= 11 is 0. The summed E-state index contributed by atoms with van der Waals surface area (Å²) in [5, 5.41) is 5.65. The van der Waals surface area contributed by atoms with Crippen LogP contribution >= 0.6 is 0 Å². The Hall–Kier alpha value is -3.09. The number of nitrogens with zero attached hydrogens (tertiary/aromatic N) is 1. The Balaban J connectivity index is 1.63. The molecular weight excluding hydrogens is 334 g/mol. The average Bonchev–Trinajstić information content (AvgIpc) is 3.49. The first-order valence-corrected chi connectivity index (χ1v) is 8.37. The second kappa shape index (κ2) is 7.86. The third-order valence-corrected chi connectivity index (χ3v) is 4.03. The van der Waals surface area contributed by atoms with Crippen LogP contribution in [0.1, 0.15) is 39.4 Å². The van der Waals surface area contributed by atoms with Crippen LogP contribution in [0.3, 0.4) is 0 Å². The van der Waals surface area contributed by atoms with E-state index in [1.165, 1.54) is 0 Å². The molecule has 1 heterocycles. The number of carbonyl (C=O) groups is 2. The van der Waals surface area contributed by atoms with Gasteiger partial charge in [-0.25, -0.2) is 4.98 Å². The van der Waals surface area contributed by atoms with E-state index in [9.17, 15) is 9.59 Å². The summed E-state index contributed by atoms with van der Waals surface area (Å²) in [7, 11) is 3.12.